The fraction of sp³-hybridized carbons (Fsp3) is 0.130. The molecule has 3 aromatic carbocycles. The zero-order valence-electron chi connectivity index (χ0n) is 14.8. The van der Waals surface area contributed by atoms with Crippen LogP contribution in [0.5, 0.6) is 0 Å². The van der Waals surface area contributed by atoms with Crippen molar-refractivity contribution >= 4 is 12.2 Å². The van der Waals surface area contributed by atoms with Crippen molar-refractivity contribution in [2.75, 3.05) is 0 Å². The summed E-state index contributed by atoms with van der Waals surface area (Å²) in [5.74, 6) is -0.250. The van der Waals surface area contributed by atoms with Crippen LogP contribution in [0.1, 0.15) is 27.5 Å². The molecule has 0 unspecified atom stereocenters. The van der Waals surface area contributed by atoms with Crippen LogP contribution >= 0.6 is 0 Å². The quantitative estimate of drug-likeness (QED) is 0.620. The highest BCUT2D eigenvalue weighted by molar-refractivity contribution is 5.94. The molecule has 27 heavy (non-hydrogen) atoms. The first-order valence-corrected chi connectivity index (χ1v) is 8.79. The molecule has 0 aromatic heterocycles. The summed E-state index contributed by atoms with van der Waals surface area (Å²) >= 11 is 0. The number of nitrogens with one attached hydrogen (secondary N) is 1. The van der Waals surface area contributed by atoms with E-state index in [4.69, 9.17) is 4.74 Å². The van der Waals surface area contributed by atoms with E-state index in [1.54, 1.807) is 24.3 Å². The topological polar surface area (TPSA) is 55.4 Å². The van der Waals surface area contributed by atoms with Gasteiger partial charge < -0.3 is 14.8 Å². The fourth-order valence-electron chi connectivity index (χ4n) is 2.81. The van der Waals surface area contributed by atoms with E-state index in [-0.39, 0.29) is 12.5 Å². The molecule has 136 valence electrons. The monoisotopic (exact) mass is 359 g/mol. The number of rotatable bonds is 8. The number of benzene rings is 3. The molecule has 1 N–H and O–H groups in total. The third-order valence-corrected chi connectivity index (χ3v) is 4.23. The van der Waals surface area contributed by atoms with Crippen LogP contribution in [0.25, 0.3) is 0 Å². The maximum absolute atomic E-state index is 12.6. The van der Waals surface area contributed by atoms with Gasteiger partial charge in [-0.2, -0.15) is 0 Å². The Hall–Kier alpha value is -3.24. The minimum Gasteiger partial charge on any atom is -0.364 e. The van der Waals surface area contributed by atoms with Gasteiger partial charge in [-0.3, -0.25) is 4.79 Å². The van der Waals surface area contributed by atoms with Crippen molar-refractivity contribution < 1.29 is 14.3 Å². The highest BCUT2D eigenvalue weighted by Gasteiger charge is 2.26. The van der Waals surface area contributed by atoms with Gasteiger partial charge in [0.05, 0.1) is 12.6 Å². The van der Waals surface area contributed by atoms with Gasteiger partial charge in [0.1, 0.15) is 6.10 Å². The van der Waals surface area contributed by atoms with Crippen molar-refractivity contribution in [1.82, 2.24) is 5.32 Å². The Labute approximate surface area is 158 Å². The van der Waals surface area contributed by atoms with Gasteiger partial charge in [0, 0.05) is 5.56 Å². The summed E-state index contributed by atoms with van der Waals surface area (Å²) in [6, 6.07) is 27.3. The molecule has 0 aliphatic heterocycles. The van der Waals surface area contributed by atoms with E-state index in [9.17, 15) is 9.59 Å². The lowest BCUT2D eigenvalue weighted by molar-refractivity contribution is -0.120. The van der Waals surface area contributed by atoms with E-state index in [2.05, 4.69) is 5.32 Å². The maximum Gasteiger partial charge on any atom is 0.251 e. The first-order valence-electron chi connectivity index (χ1n) is 8.79. The molecule has 0 saturated carbocycles. The van der Waals surface area contributed by atoms with Crippen molar-refractivity contribution in [3.63, 3.8) is 0 Å². The van der Waals surface area contributed by atoms with Crippen LogP contribution < -0.4 is 5.32 Å². The van der Waals surface area contributed by atoms with Crippen molar-refractivity contribution in [3.8, 4) is 0 Å². The molecule has 3 aromatic rings. The van der Waals surface area contributed by atoms with E-state index in [1.807, 2.05) is 66.7 Å². The van der Waals surface area contributed by atoms with Gasteiger partial charge in [0.25, 0.3) is 5.91 Å². The standard InChI is InChI=1S/C23H21NO3/c25-16-21(27-17-18-10-4-1-5-11-18)22(19-12-6-2-7-13-19)24-23(26)20-14-8-3-9-15-20/h1-16,21-22H,17H2,(H,24,26)/t21-,22-/m0/s1. The lowest BCUT2D eigenvalue weighted by atomic mass is 10.0. The van der Waals surface area contributed by atoms with E-state index in [0.717, 1.165) is 17.4 Å². The number of aldehydes is 1. The molecular weight excluding hydrogens is 338 g/mol. The third kappa shape index (κ3) is 5.12. The highest BCUT2D eigenvalue weighted by Crippen LogP contribution is 2.20. The lowest BCUT2D eigenvalue weighted by Gasteiger charge is -2.25. The number of carbonyl (C=O) groups excluding carboxylic acids is 2. The first-order chi connectivity index (χ1) is 13.3. The molecule has 0 bridgehead atoms. The van der Waals surface area contributed by atoms with Crippen molar-refractivity contribution in [2.45, 2.75) is 18.8 Å². The highest BCUT2D eigenvalue weighted by atomic mass is 16.5. The van der Waals surface area contributed by atoms with Crippen LogP contribution in [0, 0.1) is 0 Å². The normalized spacial score (nSPS) is 12.7. The molecule has 0 aliphatic rings. The van der Waals surface area contributed by atoms with Gasteiger partial charge in [-0.05, 0) is 23.3 Å². The average Bonchev–Trinajstić information content (AvgIpc) is 2.75. The second-order valence-electron chi connectivity index (χ2n) is 6.13. The average molecular weight is 359 g/mol. The summed E-state index contributed by atoms with van der Waals surface area (Å²) in [4.78, 5) is 24.4. The predicted molar refractivity (Wildman–Crippen MR) is 104 cm³/mol. The zero-order chi connectivity index (χ0) is 18.9. The Morgan fingerprint density at radius 2 is 1.41 bits per heavy atom. The summed E-state index contributed by atoms with van der Waals surface area (Å²) in [5, 5.41) is 2.94. The Bertz CT molecular complexity index is 851. The molecule has 0 radical (unpaired) electrons. The van der Waals surface area contributed by atoms with Crippen LogP contribution in [0.2, 0.25) is 0 Å². The third-order valence-electron chi connectivity index (χ3n) is 4.23. The van der Waals surface area contributed by atoms with Crippen LogP contribution in [0.3, 0.4) is 0 Å². The van der Waals surface area contributed by atoms with Gasteiger partial charge >= 0.3 is 0 Å². The summed E-state index contributed by atoms with van der Waals surface area (Å²) in [7, 11) is 0. The summed E-state index contributed by atoms with van der Waals surface area (Å²) in [5.41, 5.74) is 2.31. The zero-order valence-corrected chi connectivity index (χ0v) is 14.8. The molecule has 0 aliphatic carbocycles. The van der Waals surface area contributed by atoms with E-state index >= 15 is 0 Å². The van der Waals surface area contributed by atoms with Crippen LogP contribution in [-0.4, -0.2) is 18.3 Å². The van der Waals surface area contributed by atoms with Gasteiger partial charge in [0.15, 0.2) is 6.29 Å². The molecule has 0 saturated heterocycles. The second kappa shape index (κ2) is 9.46. The van der Waals surface area contributed by atoms with Crippen LogP contribution in [-0.2, 0) is 16.1 Å². The molecule has 2 atom stereocenters. The Kier molecular flexibility index (Phi) is 6.50. The largest absolute Gasteiger partial charge is 0.364 e. The van der Waals surface area contributed by atoms with E-state index in [1.165, 1.54) is 0 Å². The van der Waals surface area contributed by atoms with Crippen LogP contribution in [0.4, 0.5) is 0 Å². The van der Waals surface area contributed by atoms with Gasteiger partial charge in [0.2, 0.25) is 0 Å². The van der Waals surface area contributed by atoms with Crippen molar-refractivity contribution in [3.05, 3.63) is 108 Å². The van der Waals surface area contributed by atoms with Gasteiger partial charge in [-0.1, -0.05) is 78.9 Å². The van der Waals surface area contributed by atoms with Crippen molar-refractivity contribution in [2.24, 2.45) is 0 Å². The SMILES string of the molecule is O=C[C@H](OCc1ccccc1)[C@@H](NC(=O)c1ccccc1)c1ccccc1. The van der Waals surface area contributed by atoms with E-state index in [0.29, 0.717) is 5.56 Å². The minimum absolute atomic E-state index is 0.250. The molecule has 0 heterocycles. The maximum atomic E-state index is 12.6. The summed E-state index contributed by atoms with van der Waals surface area (Å²) in [6.45, 7) is 0.286. The smallest absolute Gasteiger partial charge is 0.251 e. The number of carbonyl (C=O) groups is 2. The molecule has 0 spiro atoms. The minimum atomic E-state index is -0.805. The number of amides is 1. The molecule has 1 amide bonds. The molecule has 4 heteroatoms. The van der Waals surface area contributed by atoms with Crippen molar-refractivity contribution in [1.29, 1.82) is 0 Å². The lowest BCUT2D eigenvalue weighted by Crippen LogP contribution is -2.38. The molecule has 0 fully saturated rings. The Balaban J connectivity index is 1.79. The fourth-order valence-corrected chi connectivity index (χ4v) is 2.81. The second-order valence-corrected chi connectivity index (χ2v) is 6.13. The van der Waals surface area contributed by atoms with Gasteiger partial charge in [-0.25, -0.2) is 0 Å². The molecule has 4 nitrogen and oxygen atoms in total. The Morgan fingerprint density at radius 3 is 2.00 bits per heavy atom. The number of hydrogen-bond acceptors (Lipinski definition) is 3. The van der Waals surface area contributed by atoms with Crippen LogP contribution in [0.15, 0.2) is 91.0 Å². The summed E-state index contributed by atoms with van der Waals surface area (Å²) in [6.07, 6.45) is -0.0634. The first kappa shape index (κ1) is 18.5. The molecular formula is C23H21NO3. The predicted octanol–water partition coefficient (Wildman–Crippen LogP) is 3.94. The summed E-state index contributed by atoms with van der Waals surface area (Å²) < 4.78 is 5.85. The Morgan fingerprint density at radius 1 is 0.852 bits per heavy atom. The number of hydrogen-bond donors (Lipinski definition) is 1. The number of ether oxygens (including phenoxy) is 1. The van der Waals surface area contributed by atoms with Gasteiger partial charge in [-0.15, -0.1) is 0 Å². The molecule has 3 rings (SSSR count). The van der Waals surface area contributed by atoms with E-state index < -0.39 is 12.1 Å².